The standard InChI is InChI=1S/C8H15NO3/c1-5(2)9-4-7-6(10)3-8(11)12-7/h5-7,9-10H,3-4H2,1-2H3/t6?,7-/m0/s1. The van der Waals surface area contributed by atoms with Gasteiger partial charge in [-0.25, -0.2) is 0 Å². The highest BCUT2D eigenvalue weighted by atomic mass is 16.6. The first-order chi connectivity index (χ1) is 5.59. The maximum absolute atomic E-state index is 10.7. The summed E-state index contributed by atoms with van der Waals surface area (Å²) < 4.78 is 4.87. The summed E-state index contributed by atoms with van der Waals surface area (Å²) in [5, 5.41) is 12.4. The first kappa shape index (κ1) is 9.48. The lowest BCUT2D eigenvalue weighted by atomic mass is 10.2. The Morgan fingerprint density at radius 3 is 2.83 bits per heavy atom. The molecule has 1 rings (SSSR count). The first-order valence-electron chi connectivity index (χ1n) is 4.20. The van der Waals surface area contributed by atoms with Gasteiger partial charge in [0.1, 0.15) is 12.2 Å². The first-order valence-corrected chi connectivity index (χ1v) is 4.20. The van der Waals surface area contributed by atoms with Gasteiger partial charge in [0.25, 0.3) is 0 Å². The van der Waals surface area contributed by atoms with Crippen molar-refractivity contribution >= 4 is 5.97 Å². The van der Waals surface area contributed by atoms with Crippen molar-refractivity contribution in [2.75, 3.05) is 6.54 Å². The van der Waals surface area contributed by atoms with Crippen molar-refractivity contribution in [2.45, 2.75) is 38.5 Å². The average Bonchev–Trinajstić information content (AvgIpc) is 2.26. The number of aliphatic hydroxyl groups excluding tert-OH is 1. The van der Waals surface area contributed by atoms with E-state index in [4.69, 9.17) is 4.74 Å². The van der Waals surface area contributed by atoms with E-state index in [1.165, 1.54) is 0 Å². The number of nitrogens with one attached hydrogen (secondary N) is 1. The fraction of sp³-hybridized carbons (Fsp3) is 0.875. The molecule has 0 bridgehead atoms. The number of carbonyl (C=O) groups is 1. The van der Waals surface area contributed by atoms with E-state index in [1.54, 1.807) is 0 Å². The van der Waals surface area contributed by atoms with E-state index in [0.29, 0.717) is 12.6 Å². The van der Waals surface area contributed by atoms with Crippen LogP contribution in [-0.2, 0) is 9.53 Å². The zero-order valence-electron chi connectivity index (χ0n) is 7.41. The van der Waals surface area contributed by atoms with Crippen molar-refractivity contribution < 1.29 is 14.6 Å². The molecule has 0 aromatic rings. The summed E-state index contributed by atoms with van der Waals surface area (Å²) in [5.41, 5.74) is 0. The molecule has 1 aliphatic heterocycles. The van der Waals surface area contributed by atoms with Crippen molar-refractivity contribution in [2.24, 2.45) is 0 Å². The Hall–Kier alpha value is -0.610. The van der Waals surface area contributed by atoms with Gasteiger partial charge in [-0.2, -0.15) is 0 Å². The maximum atomic E-state index is 10.7. The normalized spacial score (nSPS) is 29.5. The van der Waals surface area contributed by atoms with Crippen LogP contribution in [0.4, 0.5) is 0 Å². The van der Waals surface area contributed by atoms with E-state index in [-0.39, 0.29) is 18.5 Å². The number of cyclic esters (lactones) is 1. The van der Waals surface area contributed by atoms with Crippen LogP contribution in [0.15, 0.2) is 0 Å². The molecule has 4 nitrogen and oxygen atoms in total. The lowest BCUT2D eigenvalue weighted by Crippen LogP contribution is -2.36. The zero-order chi connectivity index (χ0) is 9.14. The average molecular weight is 173 g/mol. The summed E-state index contributed by atoms with van der Waals surface area (Å²) in [6, 6.07) is 0.344. The zero-order valence-corrected chi connectivity index (χ0v) is 7.41. The summed E-state index contributed by atoms with van der Waals surface area (Å²) in [4.78, 5) is 10.7. The lowest BCUT2D eigenvalue weighted by Gasteiger charge is -2.15. The number of carbonyl (C=O) groups excluding carboxylic acids is 1. The number of aliphatic hydroxyl groups is 1. The second kappa shape index (κ2) is 3.87. The number of ether oxygens (including phenoxy) is 1. The Morgan fingerprint density at radius 1 is 1.75 bits per heavy atom. The third kappa shape index (κ3) is 2.46. The molecule has 12 heavy (non-hydrogen) atoms. The Morgan fingerprint density at radius 2 is 2.42 bits per heavy atom. The van der Waals surface area contributed by atoms with Crippen molar-refractivity contribution in [3.63, 3.8) is 0 Å². The predicted octanol–water partition coefficient (Wildman–Crippen LogP) is -0.339. The fourth-order valence-electron chi connectivity index (χ4n) is 1.13. The van der Waals surface area contributed by atoms with Gasteiger partial charge in [-0.3, -0.25) is 4.79 Å². The Bertz CT molecular complexity index is 170. The molecule has 1 fully saturated rings. The van der Waals surface area contributed by atoms with Gasteiger partial charge in [0.15, 0.2) is 0 Å². The number of hydrogen-bond donors (Lipinski definition) is 2. The molecular formula is C8H15NO3. The van der Waals surface area contributed by atoms with Crippen LogP contribution in [0.2, 0.25) is 0 Å². The molecule has 2 atom stereocenters. The summed E-state index contributed by atoms with van der Waals surface area (Å²) in [7, 11) is 0. The summed E-state index contributed by atoms with van der Waals surface area (Å²) >= 11 is 0. The Labute approximate surface area is 71.9 Å². The van der Waals surface area contributed by atoms with E-state index in [9.17, 15) is 9.90 Å². The Kier molecular flexibility index (Phi) is 3.05. The monoisotopic (exact) mass is 173 g/mol. The Balaban J connectivity index is 2.28. The van der Waals surface area contributed by atoms with Gasteiger partial charge in [-0.15, -0.1) is 0 Å². The van der Waals surface area contributed by atoms with E-state index in [2.05, 4.69) is 5.32 Å². The number of rotatable bonds is 3. The van der Waals surface area contributed by atoms with Gasteiger partial charge < -0.3 is 15.2 Å². The van der Waals surface area contributed by atoms with E-state index >= 15 is 0 Å². The van der Waals surface area contributed by atoms with Crippen LogP contribution in [0.3, 0.4) is 0 Å². The highest BCUT2D eigenvalue weighted by molar-refractivity contribution is 5.72. The van der Waals surface area contributed by atoms with Gasteiger partial charge in [0, 0.05) is 12.6 Å². The molecule has 1 unspecified atom stereocenters. The maximum Gasteiger partial charge on any atom is 0.308 e. The van der Waals surface area contributed by atoms with E-state index in [1.807, 2.05) is 13.8 Å². The van der Waals surface area contributed by atoms with Crippen molar-refractivity contribution in [3.8, 4) is 0 Å². The summed E-state index contributed by atoms with van der Waals surface area (Å²) in [5.74, 6) is -0.307. The van der Waals surface area contributed by atoms with Gasteiger partial charge in [0.2, 0.25) is 0 Å². The van der Waals surface area contributed by atoms with Gasteiger partial charge in [-0.05, 0) is 0 Å². The smallest absolute Gasteiger partial charge is 0.308 e. The second-order valence-electron chi connectivity index (χ2n) is 3.36. The molecule has 0 aromatic heterocycles. The second-order valence-corrected chi connectivity index (χ2v) is 3.36. The molecule has 1 aliphatic rings. The minimum absolute atomic E-state index is 0.129. The molecule has 0 spiro atoms. The van der Waals surface area contributed by atoms with Crippen LogP contribution >= 0.6 is 0 Å². The minimum Gasteiger partial charge on any atom is -0.458 e. The van der Waals surface area contributed by atoms with Crippen molar-refractivity contribution in [3.05, 3.63) is 0 Å². The number of esters is 1. The fourth-order valence-corrected chi connectivity index (χ4v) is 1.13. The van der Waals surface area contributed by atoms with Gasteiger partial charge >= 0.3 is 5.97 Å². The third-order valence-electron chi connectivity index (χ3n) is 1.82. The lowest BCUT2D eigenvalue weighted by molar-refractivity contribution is -0.141. The molecule has 0 aliphatic carbocycles. The van der Waals surface area contributed by atoms with Crippen LogP contribution in [0.5, 0.6) is 0 Å². The van der Waals surface area contributed by atoms with Crippen LogP contribution in [0.25, 0.3) is 0 Å². The van der Waals surface area contributed by atoms with Gasteiger partial charge in [0.05, 0.1) is 6.42 Å². The summed E-state index contributed by atoms with van der Waals surface area (Å²) in [6.07, 6.45) is -0.867. The molecule has 0 aromatic carbocycles. The van der Waals surface area contributed by atoms with E-state index in [0.717, 1.165) is 0 Å². The van der Waals surface area contributed by atoms with Crippen molar-refractivity contribution in [1.29, 1.82) is 0 Å². The molecular weight excluding hydrogens is 158 g/mol. The molecule has 4 heteroatoms. The quantitative estimate of drug-likeness (QED) is 0.573. The van der Waals surface area contributed by atoms with Crippen LogP contribution in [0.1, 0.15) is 20.3 Å². The highest BCUT2D eigenvalue weighted by Gasteiger charge is 2.32. The molecule has 0 amide bonds. The minimum atomic E-state index is -0.635. The SMILES string of the molecule is CC(C)NC[C@@H]1OC(=O)CC1O. The summed E-state index contributed by atoms with van der Waals surface area (Å²) in [6.45, 7) is 4.54. The largest absolute Gasteiger partial charge is 0.458 e. The third-order valence-corrected chi connectivity index (χ3v) is 1.82. The molecule has 1 heterocycles. The molecule has 2 N–H and O–H groups in total. The van der Waals surface area contributed by atoms with Crippen molar-refractivity contribution in [1.82, 2.24) is 5.32 Å². The number of hydrogen-bond acceptors (Lipinski definition) is 4. The highest BCUT2D eigenvalue weighted by Crippen LogP contribution is 2.13. The van der Waals surface area contributed by atoms with Crippen LogP contribution < -0.4 is 5.32 Å². The molecule has 70 valence electrons. The van der Waals surface area contributed by atoms with Crippen LogP contribution in [-0.4, -0.2) is 35.9 Å². The van der Waals surface area contributed by atoms with Crippen LogP contribution in [0, 0.1) is 0 Å². The molecule has 0 radical (unpaired) electrons. The predicted molar refractivity (Wildman–Crippen MR) is 43.6 cm³/mol. The van der Waals surface area contributed by atoms with E-state index < -0.39 is 6.10 Å². The molecule has 0 saturated carbocycles. The topological polar surface area (TPSA) is 58.6 Å². The van der Waals surface area contributed by atoms with Gasteiger partial charge in [-0.1, -0.05) is 13.8 Å². The molecule has 1 saturated heterocycles.